The van der Waals surface area contributed by atoms with E-state index in [-0.39, 0.29) is 24.7 Å². The van der Waals surface area contributed by atoms with E-state index in [1.165, 1.54) is 0 Å². The van der Waals surface area contributed by atoms with Crippen molar-refractivity contribution < 1.29 is 9.53 Å². The molecule has 0 aliphatic rings. The molecule has 1 N–H and O–H groups in total. The van der Waals surface area contributed by atoms with Gasteiger partial charge in [0.25, 0.3) is 0 Å². The number of benzene rings is 1. The van der Waals surface area contributed by atoms with E-state index in [4.69, 9.17) is 16.3 Å². The van der Waals surface area contributed by atoms with Crippen molar-refractivity contribution in [3.8, 4) is 0 Å². The fourth-order valence-electron chi connectivity index (χ4n) is 1.36. The summed E-state index contributed by atoms with van der Waals surface area (Å²) in [4.78, 5) is 11.5. The minimum atomic E-state index is -0.110. The van der Waals surface area contributed by atoms with E-state index in [1.807, 2.05) is 45.0 Å². The highest BCUT2D eigenvalue weighted by molar-refractivity contribution is 6.30. The van der Waals surface area contributed by atoms with Crippen LogP contribution < -0.4 is 5.32 Å². The van der Waals surface area contributed by atoms with Crippen LogP contribution in [0.15, 0.2) is 24.3 Å². The highest BCUT2D eigenvalue weighted by Crippen LogP contribution is 2.15. The van der Waals surface area contributed by atoms with Gasteiger partial charge in [-0.2, -0.15) is 0 Å². The molecule has 0 fully saturated rings. The Morgan fingerprint density at radius 1 is 1.29 bits per heavy atom. The van der Waals surface area contributed by atoms with Crippen LogP contribution in [0.5, 0.6) is 0 Å². The first-order valence-electron chi connectivity index (χ1n) is 5.65. The summed E-state index contributed by atoms with van der Waals surface area (Å²) in [5.41, 5.74) is 1.02. The highest BCUT2D eigenvalue weighted by atomic mass is 35.5. The van der Waals surface area contributed by atoms with Crippen LogP contribution in [-0.4, -0.2) is 18.6 Å². The number of carbonyl (C=O) groups excluding carboxylic acids is 1. The number of halogens is 1. The standard InChI is InChI=1S/C13H18ClNO2/c1-9(2)17-8-13(16)15-10(3)11-4-6-12(14)7-5-11/h4-7,9-10H,8H2,1-3H3,(H,15,16)/t10-/m1/s1. The van der Waals surface area contributed by atoms with Gasteiger partial charge in [0, 0.05) is 5.02 Å². The van der Waals surface area contributed by atoms with Gasteiger partial charge in [-0.3, -0.25) is 4.79 Å². The number of hydrogen-bond acceptors (Lipinski definition) is 2. The van der Waals surface area contributed by atoms with Crippen molar-refractivity contribution in [2.45, 2.75) is 32.9 Å². The van der Waals surface area contributed by atoms with Crippen molar-refractivity contribution >= 4 is 17.5 Å². The molecule has 1 atom stereocenters. The van der Waals surface area contributed by atoms with Crippen molar-refractivity contribution in [1.82, 2.24) is 5.32 Å². The minimum Gasteiger partial charge on any atom is -0.369 e. The molecule has 1 rings (SSSR count). The maximum atomic E-state index is 11.5. The van der Waals surface area contributed by atoms with Crippen LogP contribution in [0.3, 0.4) is 0 Å². The van der Waals surface area contributed by atoms with Crippen molar-refractivity contribution in [1.29, 1.82) is 0 Å². The number of rotatable bonds is 5. The summed E-state index contributed by atoms with van der Waals surface area (Å²) >= 11 is 5.80. The van der Waals surface area contributed by atoms with E-state index in [9.17, 15) is 4.79 Å². The molecule has 0 heterocycles. The van der Waals surface area contributed by atoms with E-state index in [0.29, 0.717) is 5.02 Å². The molecule has 0 saturated carbocycles. The zero-order valence-corrected chi connectivity index (χ0v) is 11.1. The Morgan fingerprint density at radius 2 is 1.88 bits per heavy atom. The monoisotopic (exact) mass is 255 g/mol. The molecule has 17 heavy (non-hydrogen) atoms. The summed E-state index contributed by atoms with van der Waals surface area (Å²) in [6.45, 7) is 5.82. The molecule has 4 heteroatoms. The molecule has 1 amide bonds. The van der Waals surface area contributed by atoms with Gasteiger partial charge >= 0.3 is 0 Å². The van der Waals surface area contributed by atoms with Crippen LogP contribution in [0.25, 0.3) is 0 Å². The molecule has 0 bridgehead atoms. The predicted octanol–water partition coefficient (Wildman–Crippen LogP) is 2.94. The molecular weight excluding hydrogens is 238 g/mol. The summed E-state index contributed by atoms with van der Waals surface area (Å²) < 4.78 is 5.23. The van der Waals surface area contributed by atoms with Crippen LogP contribution in [0.4, 0.5) is 0 Å². The topological polar surface area (TPSA) is 38.3 Å². The Kier molecular flexibility index (Phi) is 5.45. The Balaban J connectivity index is 2.46. The number of hydrogen-bond donors (Lipinski definition) is 1. The van der Waals surface area contributed by atoms with Crippen LogP contribution in [0.2, 0.25) is 5.02 Å². The summed E-state index contributed by atoms with van der Waals surface area (Å²) in [6.07, 6.45) is 0.0617. The maximum absolute atomic E-state index is 11.5. The van der Waals surface area contributed by atoms with Gasteiger partial charge in [0.05, 0.1) is 12.1 Å². The van der Waals surface area contributed by atoms with Crippen molar-refractivity contribution in [2.24, 2.45) is 0 Å². The van der Waals surface area contributed by atoms with Gasteiger partial charge in [0.2, 0.25) is 5.91 Å². The Bertz CT molecular complexity index is 362. The van der Waals surface area contributed by atoms with Gasteiger partial charge in [-0.05, 0) is 38.5 Å². The quantitative estimate of drug-likeness (QED) is 0.879. The molecular formula is C13H18ClNO2. The van der Waals surface area contributed by atoms with E-state index in [0.717, 1.165) is 5.56 Å². The fourth-order valence-corrected chi connectivity index (χ4v) is 1.49. The van der Waals surface area contributed by atoms with Gasteiger partial charge in [-0.1, -0.05) is 23.7 Å². The molecule has 0 aliphatic carbocycles. The average Bonchev–Trinajstić information content (AvgIpc) is 2.27. The number of amides is 1. The van der Waals surface area contributed by atoms with Gasteiger partial charge in [-0.25, -0.2) is 0 Å². The second-order valence-corrected chi connectivity index (χ2v) is 4.64. The van der Waals surface area contributed by atoms with Crippen LogP contribution in [0, 0.1) is 0 Å². The molecule has 0 radical (unpaired) electrons. The Morgan fingerprint density at radius 3 is 2.41 bits per heavy atom. The molecule has 3 nitrogen and oxygen atoms in total. The molecule has 1 aromatic rings. The second kappa shape index (κ2) is 6.62. The third-order valence-electron chi connectivity index (χ3n) is 2.30. The SMILES string of the molecule is CC(C)OCC(=O)N[C@H](C)c1ccc(Cl)cc1. The van der Waals surface area contributed by atoms with E-state index in [2.05, 4.69) is 5.32 Å². The van der Waals surface area contributed by atoms with E-state index < -0.39 is 0 Å². The average molecular weight is 256 g/mol. The molecule has 94 valence electrons. The Labute approximate surface area is 107 Å². The highest BCUT2D eigenvalue weighted by Gasteiger charge is 2.09. The third kappa shape index (κ3) is 5.20. The van der Waals surface area contributed by atoms with Crippen molar-refractivity contribution in [3.63, 3.8) is 0 Å². The summed E-state index contributed by atoms with van der Waals surface area (Å²) in [5, 5.41) is 3.55. The number of ether oxygens (including phenoxy) is 1. The first-order valence-corrected chi connectivity index (χ1v) is 6.03. The summed E-state index contributed by atoms with van der Waals surface area (Å²) in [5.74, 6) is -0.110. The lowest BCUT2D eigenvalue weighted by molar-refractivity contribution is -0.127. The van der Waals surface area contributed by atoms with Gasteiger partial charge in [0.15, 0.2) is 0 Å². The van der Waals surface area contributed by atoms with Gasteiger partial charge < -0.3 is 10.1 Å². The molecule has 0 aromatic heterocycles. The van der Waals surface area contributed by atoms with E-state index >= 15 is 0 Å². The first kappa shape index (κ1) is 14.0. The van der Waals surface area contributed by atoms with Crippen molar-refractivity contribution in [3.05, 3.63) is 34.9 Å². The molecule has 0 unspecified atom stereocenters. The van der Waals surface area contributed by atoms with E-state index in [1.54, 1.807) is 0 Å². The lowest BCUT2D eigenvalue weighted by Crippen LogP contribution is -2.31. The largest absolute Gasteiger partial charge is 0.369 e. The normalized spacial score (nSPS) is 12.5. The zero-order valence-electron chi connectivity index (χ0n) is 10.4. The smallest absolute Gasteiger partial charge is 0.246 e. The Hall–Kier alpha value is -1.06. The molecule has 0 saturated heterocycles. The predicted molar refractivity (Wildman–Crippen MR) is 69.1 cm³/mol. The fraction of sp³-hybridized carbons (Fsp3) is 0.462. The molecule has 1 aromatic carbocycles. The van der Waals surface area contributed by atoms with Crippen LogP contribution in [0.1, 0.15) is 32.4 Å². The second-order valence-electron chi connectivity index (χ2n) is 4.20. The molecule has 0 aliphatic heterocycles. The molecule has 0 spiro atoms. The maximum Gasteiger partial charge on any atom is 0.246 e. The lowest BCUT2D eigenvalue weighted by atomic mass is 10.1. The van der Waals surface area contributed by atoms with Gasteiger partial charge in [-0.15, -0.1) is 0 Å². The zero-order chi connectivity index (χ0) is 12.8. The van der Waals surface area contributed by atoms with Gasteiger partial charge in [0.1, 0.15) is 6.61 Å². The van der Waals surface area contributed by atoms with Crippen LogP contribution in [-0.2, 0) is 9.53 Å². The third-order valence-corrected chi connectivity index (χ3v) is 2.55. The van der Waals surface area contributed by atoms with Crippen molar-refractivity contribution in [2.75, 3.05) is 6.61 Å². The summed E-state index contributed by atoms with van der Waals surface area (Å²) in [7, 11) is 0. The number of nitrogens with one attached hydrogen (secondary N) is 1. The first-order chi connectivity index (χ1) is 7.99. The minimum absolute atomic E-state index is 0.0458. The lowest BCUT2D eigenvalue weighted by Gasteiger charge is -2.15. The summed E-state index contributed by atoms with van der Waals surface area (Å²) in [6, 6.07) is 7.37. The van der Waals surface area contributed by atoms with Crippen LogP contribution >= 0.6 is 11.6 Å². The number of carbonyl (C=O) groups is 1.